The van der Waals surface area contributed by atoms with E-state index in [9.17, 15) is 0 Å². The molecule has 1 aliphatic heterocycles. The summed E-state index contributed by atoms with van der Waals surface area (Å²) < 4.78 is 0. The van der Waals surface area contributed by atoms with Gasteiger partial charge in [0.2, 0.25) is 0 Å². The standard InChI is InChI=1S/C11H16N2S/c1-13(2)8-9-3-4-11-10(7-9)12-5-6-14-11/h3-4,7,12H,5-6,8H2,1-2H3. The van der Waals surface area contributed by atoms with Gasteiger partial charge in [0.15, 0.2) is 0 Å². The molecule has 1 aromatic rings. The number of nitrogens with zero attached hydrogens (tertiary/aromatic N) is 1. The van der Waals surface area contributed by atoms with E-state index in [1.165, 1.54) is 21.9 Å². The van der Waals surface area contributed by atoms with Crippen molar-refractivity contribution in [3.05, 3.63) is 23.8 Å². The number of nitrogens with one attached hydrogen (secondary N) is 1. The number of thioether (sulfide) groups is 1. The SMILES string of the molecule is CN(C)Cc1ccc2c(c1)NCCS2. The average molecular weight is 208 g/mol. The minimum atomic E-state index is 1.01. The van der Waals surface area contributed by atoms with Gasteiger partial charge in [0.05, 0.1) is 0 Å². The maximum atomic E-state index is 3.44. The van der Waals surface area contributed by atoms with E-state index in [-0.39, 0.29) is 0 Å². The van der Waals surface area contributed by atoms with Gasteiger partial charge in [-0.25, -0.2) is 0 Å². The van der Waals surface area contributed by atoms with Gasteiger partial charge in [-0.1, -0.05) is 6.07 Å². The third-order valence-electron chi connectivity index (χ3n) is 2.22. The van der Waals surface area contributed by atoms with Crippen LogP contribution in [-0.2, 0) is 6.54 Å². The fourth-order valence-electron chi connectivity index (χ4n) is 1.65. The Bertz CT molecular complexity index is 323. The van der Waals surface area contributed by atoms with E-state index >= 15 is 0 Å². The number of anilines is 1. The lowest BCUT2D eigenvalue weighted by Crippen LogP contribution is -2.13. The van der Waals surface area contributed by atoms with Crippen molar-refractivity contribution in [2.45, 2.75) is 11.4 Å². The van der Waals surface area contributed by atoms with Crippen LogP contribution in [0.5, 0.6) is 0 Å². The van der Waals surface area contributed by atoms with Crippen molar-refractivity contribution in [3.8, 4) is 0 Å². The maximum Gasteiger partial charge on any atom is 0.0481 e. The Labute approximate surface area is 89.7 Å². The zero-order valence-electron chi connectivity index (χ0n) is 8.71. The van der Waals surface area contributed by atoms with Crippen molar-refractivity contribution >= 4 is 17.4 Å². The molecule has 0 radical (unpaired) electrons. The van der Waals surface area contributed by atoms with Crippen LogP contribution in [0, 0.1) is 0 Å². The molecule has 14 heavy (non-hydrogen) atoms. The number of rotatable bonds is 2. The molecule has 1 heterocycles. The third-order valence-corrected chi connectivity index (χ3v) is 3.29. The Balaban J connectivity index is 2.20. The lowest BCUT2D eigenvalue weighted by molar-refractivity contribution is 0.402. The molecule has 76 valence electrons. The van der Waals surface area contributed by atoms with E-state index in [1.54, 1.807) is 0 Å². The maximum absolute atomic E-state index is 3.44. The minimum Gasteiger partial charge on any atom is -0.383 e. The summed E-state index contributed by atoms with van der Waals surface area (Å²) in [7, 11) is 4.20. The molecular formula is C11H16N2S. The zero-order valence-corrected chi connectivity index (χ0v) is 9.53. The third kappa shape index (κ3) is 2.22. The molecule has 1 aromatic carbocycles. The Hall–Kier alpha value is -0.670. The Morgan fingerprint density at radius 3 is 3.07 bits per heavy atom. The number of hydrogen-bond acceptors (Lipinski definition) is 3. The molecule has 2 rings (SSSR count). The van der Waals surface area contributed by atoms with Crippen LogP contribution in [0.15, 0.2) is 23.1 Å². The van der Waals surface area contributed by atoms with E-state index < -0.39 is 0 Å². The summed E-state index contributed by atoms with van der Waals surface area (Å²) >= 11 is 1.94. The number of fused-ring (bicyclic) bond motifs is 1. The highest BCUT2D eigenvalue weighted by atomic mass is 32.2. The highest BCUT2D eigenvalue weighted by Crippen LogP contribution is 2.31. The summed E-state index contributed by atoms with van der Waals surface area (Å²) in [6, 6.07) is 6.71. The van der Waals surface area contributed by atoms with Gasteiger partial charge < -0.3 is 10.2 Å². The van der Waals surface area contributed by atoms with Crippen LogP contribution in [0.1, 0.15) is 5.56 Å². The van der Waals surface area contributed by atoms with Crippen LogP contribution in [0.3, 0.4) is 0 Å². The summed E-state index contributed by atoms with van der Waals surface area (Å²) in [5.41, 5.74) is 2.68. The molecule has 0 aliphatic carbocycles. The van der Waals surface area contributed by atoms with Gasteiger partial charge in [-0.2, -0.15) is 0 Å². The topological polar surface area (TPSA) is 15.3 Å². The Morgan fingerprint density at radius 1 is 1.43 bits per heavy atom. The fourth-order valence-corrected chi connectivity index (χ4v) is 2.53. The summed E-state index contributed by atoms with van der Waals surface area (Å²) in [5, 5.41) is 3.44. The molecule has 2 nitrogen and oxygen atoms in total. The lowest BCUT2D eigenvalue weighted by atomic mass is 10.2. The van der Waals surface area contributed by atoms with Crippen LogP contribution in [0.2, 0.25) is 0 Å². The quantitative estimate of drug-likeness (QED) is 0.802. The van der Waals surface area contributed by atoms with Crippen molar-refractivity contribution in [3.63, 3.8) is 0 Å². The first-order valence-electron chi connectivity index (χ1n) is 4.90. The molecule has 1 aliphatic rings. The smallest absolute Gasteiger partial charge is 0.0481 e. The first-order valence-corrected chi connectivity index (χ1v) is 5.88. The van der Waals surface area contributed by atoms with E-state index in [0.717, 1.165) is 13.1 Å². The molecule has 0 saturated heterocycles. The first kappa shape index (κ1) is 9.87. The van der Waals surface area contributed by atoms with Crippen LogP contribution in [0.4, 0.5) is 5.69 Å². The monoisotopic (exact) mass is 208 g/mol. The number of benzene rings is 1. The van der Waals surface area contributed by atoms with Crippen LogP contribution >= 0.6 is 11.8 Å². The lowest BCUT2D eigenvalue weighted by Gasteiger charge is -2.19. The van der Waals surface area contributed by atoms with Gasteiger partial charge in [-0.05, 0) is 31.8 Å². The second kappa shape index (κ2) is 4.24. The molecular weight excluding hydrogens is 192 g/mol. The van der Waals surface area contributed by atoms with Crippen molar-refractivity contribution in [1.82, 2.24) is 4.90 Å². The van der Waals surface area contributed by atoms with Gasteiger partial charge in [0.1, 0.15) is 0 Å². The largest absolute Gasteiger partial charge is 0.383 e. The van der Waals surface area contributed by atoms with Crippen LogP contribution in [-0.4, -0.2) is 31.3 Å². The van der Waals surface area contributed by atoms with Crippen LogP contribution in [0.25, 0.3) is 0 Å². The van der Waals surface area contributed by atoms with Gasteiger partial charge >= 0.3 is 0 Å². The first-order chi connectivity index (χ1) is 6.75. The summed E-state index contributed by atoms with van der Waals surface area (Å²) in [6.45, 7) is 2.10. The molecule has 0 amide bonds. The van der Waals surface area contributed by atoms with Gasteiger partial charge in [-0.3, -0.25) is 0 Å². The van der Waals surface area contributed by atoms with E-state index in [0.29, 0.717) is 0 Å². The van der Waals surface area contributed by atoms with Crippen molar-refractivity contribution in [2.24, 2.45) is 0 Å². The fraction of sp³-hybridized carbons (Fsp3) is 0.455. The van der Waals surface area contributed by atoms with E-state index in [1.807, 2.05) is 11.8 Å². The molecule has 0 bridgehead atoms. The van der Waals surface area contributed by atoms with Crippen molar-refractivity contribution in [1.29, 1.82) is 0 Å². The van der Waals surface area contributed by atoms with Crippen molar-refractivity contribution < 1.29 is 0 Å². The van der Waals surface area contributed by atoms with Crippen molar-refractivity contribution in [2.75, 3.05) is 31.7 Å². The Kier molecular flexibility index (Phi) is 2.99. The highest BCUT2D eigenvalue weighted by molar-refractivity contribution is 7.99. The summed E-state index contributed by atoms with van der Waals surface area (Å²) in [4.78, 5) is 3.58. The molecule has 0 unspecified atom stereocenters. The average Bonchev–Trinajstić information content (AvgIpc) is 2.17. The summed E-state index contributed by atoms with van der Waals surface area (Å²) in [5.74, 6) is 1.18. The molecule has 0 spiro atoms. The predicted octanol–water partition coefficient (Wildman–Crippen LogP) is 2.27. The molecule has 0 fully saturated rings. The predicted molar refractivity (Wildman–Crippen MR) is 63.0 cm³/mol. The summed E-state index contributed by atoms with van der Waals surface area (Å²) in [6.07, 6.45) is 0. The van der Waals surface area contributed by atoms with Gasteiger partial charge in [0, 0.05) is 29.4 Å². The van der Waals surface area contributed by atoms with E-state index in [4.69, 9.17) is 0 Å². The second-order valence-electron chi connectivity index (χ2n) is 3.84. The Morgan fingerprint density at radius 2 is 2.29 bits per heavy atom. The minimum absolute atomic E-state index is 1.01. The zero-order chi connectivity index (χ0) is 9.97. The highest BCUT2D eigenvalue weighted by Gasteiger charge is 2.09. The molecule has 0 aromatic heterocycles. The van der Waals surface area contributed by atoms with Crippen LogP contribution < -0.4 is 5.32 Å². The van der Waals surface area contributed by atoms with E-state index in [2.05, 4.69) is 42.5 Å². The number of hydrogen-bond donors (Lipinski definition) is 1. The molecule has 0 atom stereocenters. The normalized spacial score (nSPS) is 15.1. The second-order valence-corrected chi connectivity index (χ2v) is 4.98. The molecule has 0 saturated carbocycles. The molecule has 1 N–H and O–H groups in total. The van der Waals surface area contributed by atoms with Gasteiger partial charge in [0.25, 0.3) is 0 Å². The molecule has 3 heteroatoms. The van der Waals surface area contributed by atoms with Gasteiger partial charge in [-0.15, -0.1) is 11.8 Å².